The van der Waals surface area contributed by atoms with Gasteiger partial charge in [-0.2, -0.15) is 4.89 Å². The van der Waals surface area contributed by atoms with Crippen LogP contribution in [-0.4, -0.2) is 17.9 Å². The second-order valence-corrected chi connectivity index (χ2v) is 5.31. The largest absolute Gasteiger partial charge is 0.408 e. The maximum atomic E-state index is 11.5. The first-order chi connectivity index (χ1) is 7.41. The van der Waals surface area contributed by atoms with Crippen LogP contribution in [0.4, 0.5) is 0 Å². The molecule has 16 heavy (non-hydrogen) atoms. The van der Waals surface area contributed by atoms with E-state index in [9.17, 15) is 9.59 Å². The molecule has 0 aromatic rings. The Hall–Kier alpha value is -0.900. The van der Waals surface area contributed by atoms with Crippen LogP contribution in [0, 0.1) is 5.41 Å². The molecule has 1 aliphatic rings. The normalized spacial score (nSPS) is 18.2. The Morgan fingerprint density at radius 3 is 2.12 bits per heavy atom. The topological polar surface area (TPSA) is 52.6 Å². The minimum Gasteiger partial charge on any atom is -0.289 e. The molecule has 0 unspecified atom stereocenters. The van der Waals surface area contributed by atoms with Crippen molar-refractivity contribution in [2.45, 2.75) is 59.0 Å². The number of hydrogen-bond donors (Lipinski definition) is 0. The summed E-state index contributed by atoms with van der Waals surface area (Å²) in [4.78, 5) is 32.4. The van der Waals surface area contributed by atoms with E-state index in [1.54, 1.807) is 20.8 Å². The van der Waals surface area contributed by atoms with E-state index in [1.165, 1.54) is 6.42 Å². The molecule has 1 rings (SSSR count). The van der Waals surface area contributed by atoms with Crippen molar-refractivity contribution in [3.63, 3.8) is 0 Å². The molecule has 0 N–H and O–H groups in total. The van der Waals surface area contributed by atoms with Crippen molar-refractivity contribution in [3.8, 4) is 0 Å². The predicted octanol–water partition coefficient (Wildman–Crippen LogP) is 2.41. The number of ketones is 1. The lowest BCUT2D eigenvalue weighted by molar-refractivity contribution is -0.299. The summed E-state index contributed by atoms with van der Waals surface area (Å²) in [5, 5.41) is 0. The van der Waals surface area contributed by atoms with Gasteiger partial charge in [0.05, 0.1) is 0 Å². The highest BCUT2D eigenvalue weighted by Gasteiger charge is 2.31. The van der Waals surface area contributed by atoms with Gasteiger partial charge in [-0.05, 0) is 12.8 Å². The summed E-state index contributed by atoms with van der Waals surface area (Å²) < 4.78 is 0. The number of carbonyl (C=O) groups excluding carboxylic acids is 2. The molecule has 0 heterocycles. The molecular formula is C12H20O4. The van der Waals surface area contributed by atoms with Gasteiger partial charge in [0.2, 0.25) is 5.78 Å². The van der Waals surface area contributed by atoms with E-state index in [-0.39, 0.29) is 6.10 Å². The van der Waals surface area contributed by atoms with Crippen LogP contribution in [0.15, 0.2) is 0 Å². The zero-order valence-electron chi connectivity index (χ0n) is 10.2. The van der Waals surface area contributed by atoms with Gasteiger partial charge in [0.25, 0.3) is 0 Å². The lowest BCUT2D eigenvalue weighted by atomic mass is 9.91. The summed E-state index contributed by atoms with van der Waals surface area (Å²) in [6.45, 7) is 5.03. The van der Waals surface area contributed by atoms with Crippen LogP contribution < -0.4 is 0 Å². The number of rotatable bonds is 3. The molecule has 92 valence electrons. The standard InChI is InChI=1S/C12H20O4/c1-12(2,3)10(13)11(14)16-15-9-7-5-4-6-8-9/h9H,4-8H2,1-3H3. The van der Waals surface area contributed by atoms with Crippen LogP contribution >= 0.6 is 0 Å². The predicted molar refractivity (Wildman–Crippen MR) is 58.5 cm³/mol. The zero-order chi connectivity index (χ0) is 12.2. The van der Waals surface area contributed by atoms with E-state index in [0.717, 1.165) is 25.7 Å². The van der Waals surface area contributed by atoms with Crippen LogP contribution in [0.2, 0.25) is 0 Å². The maximum Gasteiger partial charge on any atom is 0.408 e. The van der Waals surface area contributed by atoms with E-state index in [2.05, 4.69) is 4.89 Å². The van der Waals surface area contributed by atoms with Crippen molar-refractivity contribution in [2.75, 3.05) is 0 Å². The average Bonchev–Trinajstić information content (AvgIpc) is 2.25. The molecule has 0 aromatic heterocycles. The third kappa shape index (κ3) is 3.93. The Balaban J connectivity index is 2.32. The highest BCUT2D eigenvalue weighted by molar-refractivity contribution is 6.35. The molecule has 0 saturated heterocycles. The Kier molecular flexibility index (Phi) is 4.47. The molecule has 0 atom stereocenters. The molecule has 1 aliphatic carbocycles. The lowest BCUT2D eigenvalue weighted by Gasteiger charge is -2.20. The molecule has 0 amide bonds. The Morgan fingerprint density at radius 2 is 1.62 bits per heavy atom. The molecule has 0 bridgehead atoms. The maximum absolute atomic E-state index is 11.5. The van der Waals surface area contributed by atoms with Gasteiger partial charge in [-0.15, -0.1) is 0 Å². The van der Waals surface area contributed by atoms with Gasteiger partial charge in [0.15, 0.2) is 0 Å². The number of Topliss-reactive ketones (excluding diaryl/α,β-unsaturated/α-hetero) is 1. The summed E-state index contributed by atoms with van der Waals surface area (Å²) in [6, 6.07) is 0. The van der Waals surface area contributed by atoms with Crippen molar-refractivity contribution in [1.82, 2.24) is 0 Å². The summed E-state index contributed by atoms with van der Waals surface area (Å²) >= 11 is 0. The molecule has 0 spiro atoms. The molecule has 4 nitrogen and oxygen atoms in total. The van der Waals surface area contributed by atoms with Gasteiger partial charge in [0.1, 0.15) is 6.10 Å². The van der Waals surface area contributed by atoms with Gasteiger partial charge in [-0.1, -0.05) is 40.0 Å². The second kappa shape index (κ2) is 5.43. The fraction of sp³-hybridized carbons (Fsp3) is 0.833. The fourth-order valence-electron chi connectivity index (χ4n) is 1.62. The SMILES string of the molecule is CC(C)(C)C(=O)C(=O)OOC1CCCCC1. The average molecular weight is 228 g/mol. The first-order valence-electron chi connectivity index (χ1n) is 5.83. The quantitative estimate of drug-likeness (QED) is 0.423. The fourth-order valence-corrected chi connectivity index (χ4v) is 1.62. The molecular weight excluding hydrogens is 208 g/mol. The smallest absolute Gasteiger partial charge is 0.289 e. The first kappa shape index (κ1) is 13.2. The molecule has 1 fully saturated rings. The Labute approximate surface area is 96.2 Å². The minimum atomic E-state index is -0.891. The van der Waals surface area contributed by atoms with Gasteiger partial charge in [-0.3, -0.25) is 9.68 Å². The Morgan fingerprint density at radius 1 is 1.06 bits per heavy atom. The van der Waals surface area contributed by atoms with Gasteiger partial charge in [0, 0.05) is 5.41 Å². The number of hydrogen-bond acceptors (Lipinski definition) is 4. The minimum absolute atomic E-state index is 0.0366. The van der Waals surface area contributed by atoms with Crippen molar-refractivity contribution < 1.29 is 19.4 Å². The van der Waals surface area contributed by atoms with Crippen molar-refractivity contribution >= 4 is 11.8 Å². The van der Waals surface area contributed by atoms with E-state index >= 15 is 0 Å². The lowest BCUT2D eigenvalue weighted by Crippen LogP contribution is -2.31. The van der Waals surface area contributed by atoms with Crippen LogP contribution in [0.5, 0.6) is 0 Å². The summed E-state index contributed by atoms with van der Waals surface area (Å²) in [6.07, 6.45) is 5.15. The highest BCUT2D eigenvalue weighted by atomic mass is 17.2. The highest BCUT2D eigenvalue weighted by Crippen LogP contribution is 2.21. The van der Waals surface area contributed by atoms with E-state index in [1.807, 2.05) is 0 Å². The third-order valence-corrected chi connectivity index (χ3v) is 2.68. The van der Waals surface area contributed by atoms with Gasteiger partial charge < -0.3 is 0 Å². The van der Waals surface area contributed by atoms with E-state index in [4.69, 9.17) is 4.89 Å². The molecule has 0 aromatic carbocycles. The van der Waals surface area contributed by atoms with Crippen molar-refractivity contribution in [1.29, 1.82) is 0 Å². The molecule has 4 heteroatoms. The van der Waals surface area contributed by atoms with Crippen LogP contribution in [-0.2, 0) is 19.4 Å². The summed E-state index contributed by atoms with van der Waals surface area (Å²) in [7, 11) is 0. The van der Waals surface area contributed by atoms with Crippen LogP contribution in [0.1, 0.15) is 52.9 Å². The molecule has 0 aliphatic heterocycles. The molecule has 1 saturated carbocycles. The van der Waals surface area contributed by atoms with Crippen molar-refractivity contribution in [2.24, 2.45) is 5.41 Å². The van der Waals surface area contributed by atoms with Gasteiger partial charge >= 0.3 is 5.97 Å². The van der Waals surface area contributed by atoms with Gasteiger partial charge in [-0.25, -0.2) is 4.79 Å². The van der Waals surface area contributed by atoms with Crippen LogP contribution in [0.3, 0.4) is 0 Å². The van der Waals surface area contributed by atoms with Crippen molar-refractivity contribution in [3.05, 3.63) is 0 Å². The monoisotopic (exact) mass is 228 g/mol. The first-order valence-corrected chi connectivity index (χ1v) is 5.83. The van der Waals surface area contributed by atoms with Crippen LogP contribution in [0.25, 0.3) is 0 Å². The third-order valence-electron chi connectivity index (χ3n) is 2.68. The zero-order valence-corrected chi connectivity index (χ0v) is 10.2. The number of carbonyl (C=O) groups is 2. The Bertz CT molecular complexity index is 259. The second-order valence-electron chi connectivity index (χ2n) is 5.31. The van der Waals surface area contributed by atoms with E-state index < -0.39 is 17.2 Å². The van der Waals surface area contributed by atoms with E-state index in [0.29, 0.717) is 0 Å². The summed E-state index contributed by atoms with van der Waals surface area (Å²) in [5.74, 6) is -1.44. The molecule has 0 radical (unpaired) electrons. The summed E-state index contributed by atoms with van der Waals surface area (Å²) in [5.41, 5.74) is -0.715.